The molecule has 1 fully saturated rings. The van der Waals surface area contributed by atoms with Gasteiger partial charge in [0.05, 0.1) is 5.70 Å². The molecule has 3 N–H and O–H groups in total. The van der Waals surface area contributed by atoms with Crippen molar-refractivity contribution < 1.29 is 4.79 Å². The standard InChI is InChI=1S/C9H17N3O/c1-11-9(8(10)6-13)7-3-4-12(2)5-7/h6-7,11H,3-5,10H2,1-2H3/b9-8+. The van der Waals surface area contributed by atoms with Gasteiger partial charge in [0.1, 0.15) is 0 Å². The van der Waals surface area contributed by atoms with Crippen LogP contribution in [0, 0.1) is 5.92 Å². The first-order valence-electron chi connectivity index (χ1n) is 4.50. The summed E-state index contributed by atoms with van der Waals surface area (Å²) in [7, 11) is 3.88. The van der Waals surface area contributed by atoms with E-state index >= 15 is 0 Å². The van der Waals surface area contributed by atoms with E-state index in [0.29, 0.717) is 17.9 Å². The average molecular weight is 183 g/mol. The van der Waals surface area contributed by atoms with Crippen LogP contribution in [-0.4, -0.2) is 38.4 Å². The van der Waals surface area contributed by atoms with Crippen molar-refractivity contribution in [1.82, 2.24) is 10.2 Å². The van der Waals surface area contributed by atoms with Gasteiger partial charge in [-0.15, -0.1) is 0 Å². The van der Waals surface area contributed by atoms with Gasteiger partial charge in [-0.25, -0.2) is 0 Å². The minimum absolute atomic E-state index is 0.336. The largest absolute Gasteiger partial charge is 0.395 e. The quantitative estimate of drug-likeness (QED) is 0.458. The maximum atomic E-state index is 10.5. The Morgan fingerprint density at radius 3 is 2.77 bits per heavy atom. The van der Waals surface area contributed by atoms with Crippen LogP contribution in [0.4, 0.5) is 0 Å². The fourth-order valence-corrected chi connectivity index (χ4v) is 1.82. The Labute approximate surface area is 78.8 Å². The van der Waals surface area contributed by atoms with Gasteiger partial charge in [0.2, 0.25) is 0 Å². The van der Waals surface area contributed by atoms with E-state index in [1.54, 1.807) is 0 Å². The summed E-state index contributed by atoms with van der Waals surface area (Å²) in [5.41, 5.74) is 6.81. The maximum Gasteiger partial charge on any atom is 0.167 e. The molecule has 4 nitrogen and oxygen atoms in total. The molecule has 0 radical (unpaired) electrons. The van der Waals surface area contributed by atoms with Crippen LogP contribution < -0.4 is 11.1 Å². The molecule has 1 atom stereocenters. The van der Waals surface area contributed by atoms with Crippen LogP contribution in [0.1, 0.15) is 6.42 Å². The van der Waals surface area contributed by atoms with Crippen LogP contribution in [0.2, 0.25) is 0 Å². The van der Waals surface area contributed by atoms with Crippen LogP contribution in [0.3, 0.4) is 0 Å². The predicted molar refractivity (Wildman–Crippen MR) is 51.9 cm³/mol. The number of allylic oxidation sites excluding steroid dienone is 1. The first-order valence-corrected chi connectivity index (χ1v) is 4.50. The van der Waals surface area contributed by atoms with Crippen molar-refractivity contribution in [2.75, 3.05) is 27.2 Å². The van der Waals surface area contributed by atoms with Crippen LogP contribution >= 0.6 is 0 Å². The Morgan fingerprint density at radius 2 is 2.38 bits per heavy atom. The topological polar surface area (TPSA) is 58.4 Å². The maximum absolute atomic E-state index is 10.5. The van der Waals surface area contributed by atoms with Crippen LogP contribution in [0.5, 0.6) is 0 Å². The van der Waals surface area contributed by atoms with Crippen LogP contribution in [-0.2, 0) is 4.79 Å². The number of nitrogens with zero attached hydrogens (tertiary/aromatic N) is 1. The van der Waals surface area contributed by atoms with Gasteiger partial charge < -0.3 is 16.0 Å². The van der Waals surface area contributed by atoms with E-state index in [1.165, 1.54) is 0 Å². The molecule has 13 heavy (non-hydrogen) atoms. The zero-order valence-electron chi connectivity index (χ0n) is 8.21. The molecule has 0 spiro atoms. The number of aldehydes is 1. The molecule has 0 bridgehead atoms. The first-order chi connectivity index (χ1) is 6.19. The normalized spacial score (nSPS) is 25.5. The van der Waals surface area contributed by atoms with Crippen LogP contribution in [0.15, 0.2) is 11.4 Å². The average Bonchev–Trinajstić information content (AvgIpc) is 2.53. The number of carbonyl (C=O) groups is 1. The molecule has 4 heteroatoms. The van der Waals surface area contributed by atoms with Crippen molar-refractivity contribution in [3.05, 3.63) is 11.4 Å². The molecule has 74 valence electrons. The van der Waals surface area contributed by atoms with E-state index in [-0.39, 0.29) is 0 Å². The van der Waals surface area contributed by atoms with Crippen molar-refractivity contribution in [2.24, 2.45) is 11.7 Å². The molecular weight excluding hydrogens is 166 g/mol. The molecule has 0 amide bonds. The van der Waals surface area contributed by atoms with Crippen molar-refractivity contribution in [1.29, 1.82) is 0 Å². The molecule has 0 aromatic heterocycles. The van der Waals surface area contributed by atoms with Gasteiger partial charge in [0.25, 0.3) is 0 Å². The Bertz CT molecular complexity index is 225. The lowest BCUT2D eigenvalue weighted by Crippen LogP contribution is -2.24. The zero-order chi connectivity index (χ0) is 9.84. The second-order valence-corrected chi connectivity index (χ2v) is 3.48. The minimum atomic E-state index is 0.336. The molecular formula is C9H17N3O. The third-order valence-electron chi connectivity index (χ3n) is 2.51. The third-order valence-corrected chi connectivity index (χ3v) is 2.51. The Morgan fingerprint density at radius 1 is 1.69 bits per heavy atom. The summed E-state index contributed by atoms with van der Waals surface area (Å²) in [6.07, 6.45) is 1.78. The van der Waals surface area contributed by atoms with E-state index in [2.05, 4.69) is 17.3 Å². The summed E-state index contributed by atoms with van der Waals surface area (Å²) >= 11 is 0. The van der Waals surface area contributed by atoms with Crippen molar-refractivity contribution in [2.45, 2.75) is 6.42 Å². The summed E-state index contributed by atoms with van der Waals surface area (Å²) in [5.74, 6) is 0.389. The monoisotopic (exact) mass is 183 g/mol. The summed E-state index contributed by atoms with van der Waals surface area (Å²) in [6, 6.07) is 0. The molecule has 0 aromatic carbocycles. The zero-order valence-corrected chi connectivity index (χ0v) is 8.21. The number of likely N-dealkylation sites (tertiary alicyclic amines) is 1. The molecule has 0 aliphatic carbocycles. The van der Waals surface area contributed by atoms with Crippen LogP contribution in [0.25, 0.3) is 0 Å². The molecule has 0 aromatic rings. The highest BCUT2D eigenvalue weighted by Crippen LogP contribution is 2.21. The lowest BCUT2D eigenvalue weighted by atomic mass is 10.0. The van der Waals surface area contributed by atoms with E-state index in [4.69, 9.17) is 5.73 Å². The fourth-order valence-electron chi connectivity index (χ4n) is 1.82. The smallest absolute Gasteiger partial charge is 0.167 e. The Hall–Kier alpha value is -1.03. The van der Waals surface area contributed by atoms with Gasteiger partial charge in [0, 0.05) is 25.2 Å². The third kappa shape index (κ3) is 2.21. The summed E-state index contributed by atoms with van der Waals surface area (Å²) in [6.45, 7) is 2.05. The van der Waals surface area contributed by atoms with Gasteiger partial charge in [-0.2, -0.15) is 0 Å². The molecule has 1 saturated heterocycles. The molecule has 1 rings (SSSR count). The summed E-state index contributed by atoms with van der Waals surface area (Å²) in [4.78, 5) is 12.7. The van der Waals surface area contributed by atoms with Gasteiger partial charge in [0.15, 0.2) is 6.29 Å². The number of hydrogen-bond acceptors (Lipinski definition) is 4. The van der Waals surface area contributed by atoms with Gasteiger partial charge in [-0.3, -0.25) is 4.79 Å². The lowest BCUT2D eigenvalue weighted by Gasteiger charge is -2.15. The Kier molecular flexibility index (Phi) is 3.31. The second-order valence-electron chi connectivity index (χ2n) is 3.48. The second kappa shape index (κ2) is 4.28. The molecule has 0 saturated carbocycles. The summed E-state index contributed by atoms with van der Waals surface area (Å²) < 4.78 is 0. The van der Waals surface area contributed by atoms with E-state index < -0.39 is 0 Å². The van der Waals surface area contributed by atoms with Gasteiger partial charge in [-0.05, 0) is 20.0 Å². The van der Waals surface area contributed by atoms with Crippen molar-refractivity contribution in [3.63, 3.8) is 0 Å². The highest BCUT2D eigenvalue weighted by molar-refractivity contribution is 5.73. The van der Waals surface area contributed by atoms with E-state index in [1.807, 2.05) is 7.05 Å². The molecule has 1 aliphatic rings. The predicted octanol–water partition coefficient (Wildman–Crippen LogP) is -0.473. The number of nitrogens with two attached hydrogens (primary N) is 1. The SMILES string of the molecule is CN/C(=C(/N)C=O)C1CCN(C)C1. The molecule has 1 aliphatic heterocycles. The van der Waals surface area contributed by atoms with E-state index in [0.717, 1.165) is 25.2 Å². The highest BCUT2D eigenvalue weighted by atomic mass is 16.1. The van der Waals surface area contributed by atoms with Crippen molar-refractivity contribution in [3.8, 4) is 0 Å². The fraction of sp³-hybridized carbons (Fsp3) is 0.667. The van der Waals surface area contributed by atoms with Gasteiger partial charge in [-0.1, -0.05) is 0 Å². The minimum Gasteiger partial charge on any atom is -0.395 e. The lowest BCUT2D eigenvalue weighted by molar-refractivity contribution is -0.105. The van der Waals surface area contributed by atoms with Gasteiger partial charge >= 0.3 is 0 Å². The summed E-state index contributed by atoms with van der Waals surface area (Å²) in [5, 5.41) is 3.01. The van der Waals surface area contributed by atoms with E-state index in [9.17, 15) is 4.79 Å². The number of rotatable bonds is 3. The Balaban J connectivity index is 2.73. The highest BCUT2D eigenvalue weighted by Gasteiger charge is 2.23. The van der Waals surface area contributed by atoms with Crippen molar-refractivity contribution >= 4 is 6.29 Å². The molecule has 1 unspecified atom stereocenters. The number of nitrogens with one attached hydrogen (secondary N) is 1. The number of carbonyl (C=O) groups excluding carboxylic acids is 1. The first kappa shape index (κ1) is 10.1. The number of hydrogen-bond donors (Lipinski definition) is 2. The molecule has 1 heterocycles.